The summed E-state index contributed by atoms with van der Waals surface area (Å²) in [6, 6.07) is 10.2. The molecule has 4 rings (SSSR count). The van der Waals surface area contributed by atoms with Crippen molar-refractivity contribution < 1.29 is 4.79 Å². The molecular formula is C24H37N3O. The van der Waals surface area contributed by atoms with E-state index in [2.05, 4.69) is 53.2 Å². The average Bonchev–Trinajstić information content (AvgIpc) is 3.31. The molecule has 0 unspecified atom stereocenters. The van der Waals surface area contributed by atoms with Gasteiger partial charge in [0.05, 0.1) is 0 Å². The monoisotopic (exact) mass is 383 g/mol. The Morgan fingerprint density at radius 1 is 1.07 bits per heavy atom. The van der Waals surface area contributed by atoms with E-state index in [0.29, 0.717) is 30.0 Å². The van der Waals surface area contributed by atoms with Crippen LogP contribution < -0.4 is 5.32 Å². The van der Waals surface area contributed by atoms with Gasteiger partial charge in [0.15, 0.2) is 0 Å². The van der Waals surface area contributed by atoms with Gasteiger partial charge in [0.2, 0.25) is 5.91 Å². The summed E-state index contributed by atoms with van der Waals surface area (Å²) in [5, 5.41) is 3.67. The quantitative estimate of drug-likeness (QED) is 0.825. The number of para-hydroxylation sites is 1. The van der Waals surface area contributed by atoms with Crippen LogP contribution in [0.15, 0.2) is 24.3 Å². The van der Waals surface area contributed by atoms with Gasteiger partial charge in [-0.1, -0.05) is 31.0 Å². The molecule has 3 aliphatic rings. The zero-order valence-corrected chi connectivity index (χ0v) is 17.7. The van der Waals surface area contributed by atoms with Gasteiger partial charge in [-0.15, -0.1) is 0 Å². The molecule has 28 heavy (non-hydrogen) atoms. The van der Waals surface area contributed by atoms with Crippen molar-refractivity contribution in [2.75, 3.05) is 18.4 Å². The fourth-order valence-electron chi connectivity index (χ4n) is 5.81. The number of benzene rings is 1. The molecule has 1 aromatic carbocycles. The average molecular weight is 384 g/mol. The number of rotatable bonds is 3. The van der Waals surface area contributed by atoms with Gasteiger partial charge in [-0.2, -0.15) is 0 Å². The Labute approximate surface area is 170 Å². The van der Waals surface area contributed by atoms with E-state index < -0.39 is 0 Å². The highest BCUT2D eigenvalue weighted by atomic mass is 16.2. The van der Waals surface area contributed by atoms with Gasteiger partial charge in [-0.25, -0.2) is 0 Å². The second-order valence-electron chi connectivity index (χ2n) is 9.43. The van der Waals surface area contributed by atoms with Crippen molar-refractivity contribution in [3.8, 4) is 0 Å². The molecule has 2 bridgehead atoms. The minimum Gasteiger partial charge on any atom is -0.385 e. The lowest BCUT2D eigenvalue weighted by Gasteiger charge is -2.36. The van der Waals surface area contributed by atoms with Gasteiger partial charge < -0.3 is 10.2 Å². The van der Waals surface area contributed by atoms with Crippen LogP contribution in [-0.4, -0.2) is 46.9 Å². The van der Waals surface area contributed by atoms with Crippen molar-refractivity contribution in [1.29, 1.82) is 0 Å². The van der Waals surface area contributed by atoms with Crippen LogP contribution in [0.25, 0.3) is 0 Å². The van der Waals surface area contributed by atoms with E-state index in [1.165, 1.54) is 56.2 Å². The highest BCUT2D eigenvalue weighted by Crippen LogP contribution is 2.32. The Morgan fingerprint density at radius 3 is 2.61 bits per heavy atom. The molecule has 4 nitrogen and oxygen atoms in total. The highest BCUT2D eigenvalue weighted by molar-refractivity contribution is 5.77. The largest absolute Gasteiger partial charge is 0.385 e. The smallest absolute Gasteiger partial charge is 0.223 e. The predicted octanol–water partition coefficient (Wildman–Crippen LogP) is 4.65. The minimum atomic E-state index is 0.369. The number of anilines is 1. The Balaban J connectivity index is 1.59. The molecule has 0 spiro atoms. The second-order valence-corrected chi connectivity index (χ2v) is 9.43. The molecule has 2 heterocycles. The number of fused-ring (bicyclic) bond motifs is 3. The fourth-order valence-corrected chi connectivity index (χ4v) is 5.81. The highest BCUT2D eigenvalue weighted by Gasteiger charge is 2.37. The number of nitrogens with zero attached hydrogens (tertiary/aromatic N) is 2. The molecule has 1 aromatic rings. The van der Waals surface area contributed by atoms with Crippen LogP contribution in [0.2, 0.25) is 0 Å². The van der Waals surface area contributed by atoms with Gasteiger partial charge in [0, 0.05) is 49.9 Å². The topological polar surface area (TPSA) is 35.6 Å². The third kappa shape index (κ3) is 4.37. The Morgan fingerprint density at radius 2 is 1.82 bits per heavy atom. The van der Waals surface area contributed by atoms with Crippen molar-refractivity contribution in [1.82, 2.24) is 9.80 Å². The summed E-state index contributed by atoms with van der Waals surface area (Å²) < 4.78 is 0. The fraction of sp³-hybridized carbons (Fsp3) is 0.708. The van der Waals surface area contributed by atoms with E-state index in [-0.39, 0.29) is 0 Å². The molecule has 1 N–H and O–H groups in total. The van der Waals surface area contributed by atoms with E-state index in [4.69, 9.17) is 0 Å². The molecule has 1 aliphatic carbocycles. The molecule has 2 atom stereocenters. The number of carbonyl (C=O) groups excluding carboxylic acids is 1. The van der Waals surface area contributed by atoms with Gasteiger partial charge in [-0.3, -0.25) is 9.69 Å². The maximum atomic E-state index is 13.4. The summed E-state index contributed by atoms with van der Waals surface area (Å²) in [5.41, 5.74) is 2.46. The summed E-state index contributed by atoms with van der Waals surface area (Å²) in [6.07, 6.45) is 9.48. The molecule has 1 amide bonds. The maximum absolute atomic E-state index is 13.4. The van der Waals surface area contributed by atoms with Crippen LogP contribution in [0, 0.1) is 5.92 Å². The Hall–Kier alpha value is -1.55. The molecule has 0 aromatic heterocycles. The molecule has 1 saturated carbocycles. The van der Waals surface area contributed by atoms with Crippen molar-refractivity contribution in [3.63, 3.8) is 0 Å². The lowest BCUT2D eigenvalue weighted by atomic mass is 10.0. The summed E-state index contributed by atoms with van der Waals surface area (Å²) in [5.74, 6) is 0.977. The molecule has 1 saturated heterocycles. The van der Waals surface area contributed by atoms with E-state index >= 15 is 0 Å². The predicted molar refractivity (Wildman–Crippen MR) is 115 cm³/mol. The summed E-state index contributed by atoms with van der Waals surface area (Å²) in [6.45, 7) is 7.26. The molecule has 2 aliphatic heterocycles. The van der Waals surface area contributed by atoms with Crippen molar-refractivity contribution in [3.05, 3.63) is 29.8 Å². The normalized spacial score (nSPS) is 26.8. The van der Waals surface area contributed by atoms with Crippen LogP contribution in [-0.2, 0) is 11.3 Å². The number of carbonyl (C=O) groups is 1. The first-order chi connectivity index (χ1) is 13.6. The summed E-state index contributed by atoms with van der Waals surface area (Å²) >= 11 is 0. The second kappa shape index (κ2) is 8.86. The van der Waals surface area contributed by atoms with Gasteiger partial charge in [0.25, 0.3) is 0 Å². The van der Waals surface area contributed by atoms with E-state index in [9.17, 15) is 4.79 Å². The minimum absolute atomic E-state index is 0.369. The molecule has 4 heteroatoms. The number of nitrogens with one attached hydrogen (secondary N) is 1. The van der Waals surface area contributed by atoms with Gasteiger partial charge in [-0.05, 0) is 63.5 Å². The molecule has 0 radical (unpaired) electrons. The van der Waals surface area contributed by atoms with E-state index in [1.807, 2.05) is 0 Å². The zero-order valence-electron chi connectivity index (χ0n) is 17.7. The summed E-state index contributed by atoms with van der Waals surface area (Å²) in [4.78, 5) is 18.2. The SMILES string of the molecule is CC(C)N1[C@H]2CCNc3ccccc3CN(C(=O)CC3CCCC3)C[C@@H]1CC2. The first-order valence-electron chi connectivity index (χ1n) is 11.5. The Kier molecular flexibility index (Phi) is 6.25. The Bertz CT molecular complexity index is 668. The lowest BCUT2D eigenvalue weighted by Crippen LogP contribution is -2.48. The van der Waals surface area contributed by atoms with Gasteiger partial charge >= 0.3 is 0 Å². The standard InChI is InChI=1S/C24H37N3O/c1-18(2)27-21-11-12-22(27)17-26(24(28)15-19-7-3-4-8-19)16-20-9-5-6-10-23(20)25-14-13-21/h5-6,9-10,18-19,21-22,25H,3-4,7-8,11-17H2,1-2H3/t21-,22+/m1/s1. The van der Waals surface area contributed by atoms with Crippen molar-refractivity contribution >= 4 is 11.6 Å². The lowest BCUT2D eigenvalue weighted by molar-refractivity contribution is -0.133. The number of hydrogen-bond donors (Lipinski definition) is 1. The van der Waals surface area contributed by atoms with E-state index in [1.54, 1.807) is 0 Å². The molecular weight excluding hydrogens is 346 g/mol. The van der Waals surface area contributed by atoms with Crippen LogP contribution in [0.3, 0.4) is 0 Å². The number of hydrogen-bond acceptors (Lipinski definition) is 3. The van der Waals surface area contributed by atoms with Crippen LogP contribution in [0.5, 0.6) is 0 Å². The number of amides is 1. The first kappa shape index (κ1) is 19.8. The third-order valence-electron chi connectivity index (χ3n) is 7.17. The van der Waals surface area contributed by atoms with Crippen molar-refractivity contribution in [2.45, 2.75) is 89.9 Å². The third-order valence-corrected chi connectivity index (χ3v) is 7.17. The molecule has 154 valence electrons. The first-order valence-corrected chi connectivity index (χ1v) is 11.5. The molecule has 2 fully saturated rings. The van der Waals surface area contributed by atoms with E-state index in [0.717, 1.165) is 26.1 Å². The maximum Gasteiger partial charge on any atom is 0.223 e. The summed E-state index contributed by atoms with van der Waals surface area (Å²) in [7, 11) is 0. The van der Waals surface area contributed by atoms with Crippen LogP contribution in [0.1, 0.15) is 70.8 Å². The van der Waals surface area contributed by atoms with Crippen LogP contribution >= 0.6 is 0 Å². The van der Waals surface area contributed by atoms with Gasteiger partial charge in [0.1, 0.15) is 0 Å². The zero-order chi connectivity index (χ0) is 19.5. The van der Waals surface area contributed by atoms with Crippen LogP contribution in [0.4, 0.5) is 5.69 Å². The van der Waals surface area contributed by atoms with Crippen molar-refractivity contribution in [2.24, 2.45) is 5.92 Å².